The van der Waals surface area contributed by atoms with Gasteiger partial charge < -0.3 is 29.6 Å². The van der Waals surface area contributed by atoms with Crippen LogP contribution in [0.1, 0.15) is 51.6 Å². The summed E-state index contributed by atoms with van der Waals surface area (Å²) in [5.41, 5.74) is 0.454. The summed E-state index contributed by atoms with van der Waals surface area (Å²) >= 11 is 0. The molecule has 1 unspecified atom stereocenters. The molecule has 1 fully saturated rings. The Hall–Kier alpha value is -3.19. The van der Waals surface area contributed by atoms with Crippen LogP contribution in [0.3, 0.4) is 0 Å². The molecule has 2 aromatic carbocycles. The Balaban J connectivity index is 1.81. The van der Waals surface area contributed by atoms with E-state index >= 15 is 0 Å². The molecule has 1 aromatic heterocycles. The number of carbonyl (C=O) groups is 1. The first-order valence-electron chi connectivity index (χ1n) is 11.4. The molecule has 0 radical (unpaired) electrons. The van der Waals surface area contributed by atoms with Crippen LogP contribution in [0.2, 0.25) is 0 Å². The van der Waals surface area contributed by atoms with E-state index in [4.69, 9.17) is 9.47 Å². The molecule has 3 aromatic rings. The molecule has 33 heavy (non-hydrogen) atoms. The quantitative estimate of drug-likeness (QED) is 0.431. The van der Waals surface area contributed by atoms with Gasteiger partial charge in [-0.2, -0.15) is 0 Å². The maximum Gasteiger partial charge on any atom is 0.227 e. The van der Waals surface area contributed by atoms with Gasteiger partial charge in [-0.05, 0) is 57.4 Å². The van der Waals surface area contributed by atoms with E-state index in [9.17, 15) is 15.0 Å². The molecule has 7 heteroatoms. The average Bonchev–Trinajstić information content (AvgIpc) is 3.56. The normalized spacial score (nSPS) is 14.8. The van der Waals surface area contributed by atoms with E-state index in [0.29, 0.717) is 35.6 Å². The SMILES string of the molecule is CCOc1cc(C(CC(C)(C)O)n2cc3cccc(NC(=O)C4CC4)c3c2O)ccc1OC. The zero-order valence-corrected chi connectivity index (χ0v) is 19.6. The predicted octanol–water partition coefficient (Wildman–Crippen LogP) is 4.85. The van der Waals surface area contributed by atoms with Crippen LogP contribution in [-0.2, 0) is 4.79 Å². The summed E-state index contributed by atoms with van der Waals surface area (Å²) in [6.07, 6.45) is 4.02. The fourth-order valence-electron chi connectivity index (χ4n) is 4.21. The second kappa shape index (κ2) is 8.98. The van der Waals surface area contributed by atoms with Gasteiger partial charge in [0, 0.05) is 23.9 Å². The highest BCUT2D eigenvalue weighted by Crippen LogP contribution is 2.42. The van der Waals surface area contributed by atoms with Crippen LogP contribution in [0.4, 0.5) is 5.69 Å². The highest BCUT2D eigenvalue weighted by atomic mass is 16.5. The smallest absolute Gasteiger partial charge is 0.227 e. The fraction of sp³-hybridized carbons (Fsp3) is 0.423. The van der Waals surface area contributed by atoms with Crippen molar-refractivity contribution in [3.05, 3.63) is 48.2 Å². The first-order chi connectivity index (χ1) is 15.7. The van der Waals surface area contributed by atoms with Crippen molar-refractivity contribution in [1.82, 2.24) is 4.57 Å². The van der Waals surface area contributed by atoms with E-state index in [1.165, 1.54) is 0 Å². The van der Waals surface area contributed by atoms with E-state index in [1.807, 2.05) is 43.5 Å². The van der Waals surface area contributed by atoms with Gasteiger partial charge in [-0.3, -0.25) is 4.79 Å². The molecule has 1 atom stereocenters. The largest absolute Gasteiger partial charge is 0.494 e. The summed E-state index contributed by atoms with van der Waals surface area (Å²) in [7, 11) is 1.59. The molecule has 0 aliphatic heterocycles. The molecular weight excluding hydrogens is 420 g/mol. The van der Waals surface area contributed by atoms with Crippen LogP contribution in [0.25, 0.3) is 10.8 Å². The highest BCUT2D eigenvalue weighted by molar-refractivity contribution is 6.05. The molecular formula is C26H32N2O5. The summed E-state index contributed by atoms with van der Waals surface area (Å²) in [4.78, 5) is 12.4. The number of anilines is 1. The first kappa shape index (κ1) is 23.0. The number of amides is 1. The number of rotatable bonds is 9. The molecule has 1 heterocycles. The Labute approximate surface area is 193 Å². The Morgan fingerprint density at radius 3 is 2.64 bits per heavy atom. The number of hydrogen-bond donors (Lipinski definition) is 3. The lowest BCUT2D eigenvalue weighted by atomic mass is 9.93. The average molecular weight is 453 g/mol. The van der Waals surface area contributed by atoms with E-state index < -0.39 is 5.60 Å². The molecule has 3 N–H and O–H groups in total. The van der Waals surface area contributed by atoms with Crippen molar-refractivity contribution in [2.24, 2.45) is 5.92 Å². The second-order valence-electron chi connectivity index (χ2n) is 9.27. The fourth-order valence-corrected chi connectivity index (χ4v) is 4.21. The van der Waals surface area contributed by atoms with Gasteiger partial charge in [0.1, 0.15) is 0 Å². The zero-order valence-electron chi connectivity index (χ0n) is 19.6. The summed E-state index contributed by atoms with van der Waals surface area (Å²) in [6, 6.07) is 10.8. The van der Waals surface area contributed by atoms with Crippen molar-refractivity contribution in [2.45, 2.75) is 51.7 Å². The Bertz CT molecular complexity index is 1160. The van der Waals surface area contributed by atoms with Crippen molar-refractivity contribution in [3.63, 3.8) is 0 Å². The number of aliphatic hydroxyl groups is 1. The van der Waals surface area contributed by atoms with E-state index in [-0.39, 0.29) is 23.7 Å². The second-order valence-corrected chi connectivity index (χ2v) is 9.27. The van der Waals surface area contributed by atoms with Crippen LogP contribution < -0.4 is 14.8 Å². The number of nitrogens with zero attached hydrogens (tertiary/aromatic N) is 1. The first-order valence-corrected chi connectivity index (χ1v) is 11.4. The molecule has 1 saturated carbocycles. The summed E-state index contributed by atoms with van der Waals surface area (Å²) < 4.78 is 12.9. The Morgan fingerprint density at radius 2 is 2.00 bits per heavy atom. The third-order valence-electron chi connectivity index (χ3n) is 5.95. The maximum absolute atomic E-state index is 12.4. The molecule has 176 valence electrons. The van der Waals surface area contributed by atoms with Crippen LogP contribution in [0.5, 0.6) is 17.4 Å². The number of nitrogens with one attached hydrogen (secondary N) is 1. The van der Waals surface area contributed by atoms with E-state index in [2.05, 4.69) is 5.32 Å². The number of methoxy groups -OCH3 is 1. The number of fused-ring (bicyclic) bond motifs is 1. The number of ether oxygens (including phenoxy) is 2. The monoisotopic (exact) mass is 452 g/mol. The van der Waals surface area contributed by atoms with Gasteiger partial charge in [-0.15, -0.1) is 0 Å². The van der Waals surface area contributed by atoms with Crippen molar-refractivity contribution < 1.29 is 24.5 Å². The third kappa shape index (κ3) is 4.93. The number of hydrogen-bond acceptors (Lipinski definition) is 5. The van der Waals surface area contributed by atoms with Crippen LogP contribution in [0.15, 0.2) is 42.6 Å². The summed E-state index contributed by atoms with van der Waals surface area (Å²) in [5, 5.41) is 26.4. The Morgan fingerprint density at radius 1 is 1.24 bits per heavy atom. The van der Waals surface area contributed by atoms with Gasteiger partial charge in [0.2, 0.25) is 11.8 Å². The lowest BCUT2D eigenvalue weighted by molar-refractivity contribution is -0.117. The molecule has 1 amide bonds. The van der Waals surface area contributed by atoms with Gasteiger partial charge in [-0.25, -0.2) is 0 Å². The molecule has 0 spiro atoms. The zero-order chi connectivity index (χ0) is 23.8. The Kier molecular flexibility index (Phi) is 6.26. The molecule has 0 bridgehead atoms. The summed E-state index contributed by atoms with van der Waals surface area (Å²) in [6.45, 7) is 5.88. The van der Waals surface area contributed by atoms with E-state index in [0.717, 1.165) is 23.8 Å². The standard InChI is InChI=1S/C26H32N2O5/c1-5-33-22-13-17(11-12-21(22)32-4)20(14-26(2,3)31)28-15-18-7-6-8-19(23(18)25(28)30)27-24(29)16-9-10-16/h6-8,11-13,15-16,20,30-31H,5,9-10,14H2,1-4H3,(H,27,29). The minimum Gasteiger partial charge on any atom is -0.494 e. The minimum absolute atomic E-state index is 0.0146. The maximum atomic E-state index is 12.4. The van der Waals surface area contributed by atoms with Crippen LogP contribution >= 0.6 is 0 Å². The number of aromatic nitrogens is 1. The van der Waals surface area contributed by atoms with Gasteiger partial charge >= 0.3 is 0 Å². The highest BCUT2D eigenvalue weighted by Gasteiger charge is 2.31. The predicted molar refractivity (Wildman–Crippen MR) is 128 cm³/mol. The lowest BCUT2D eigenvalue weighted by Crippen LogP contribution is -2.25. The summed E-state index contributed by atoms with van der Waals surface area (Å²) in [5.74, 6) is 1.31. The minimum atomic E-state index is -0.998. The van der Waals surface area contributed by atoms with Gasteiger partial charge in [0.15, 0.2) is 11.5 Å². The molecule has 7 nitrogen and oxygen atoms in total. The van der Waals surface area contributed by atoms with Crippen LogP contribution in [0, 0.1) is 5.92 Å². The van der Waals surface area contributed by atoms with Crippen molar-refractivity contribution in [1.29, 1.82) is 0 Å². The van der Waals surface area contributed by atoms with Gasteiger partial charge in [-0.1, -0.05) is 18.2 Å². The van der Waals surface area contributed by atoms with Crippen molar-refractivity contribution >= 4 is 22.4 Å². The lowest BCUT2D eigenvalue weighted by Gasteiger charge is -2.28. The van der Waals surface area contributed by atoms with E-state index in [1.54, 1.807) is 31.6 Å². The number of carbonyl (C=O) groups excluding carboxylic acids is 1. The molecule has 0 saturated heterocycles. The van der Waals surface area contributed by atoms with Gasteiger partial charge in [0.25, 0.3) is 0 Å². The number of aromatic hydroxyl groups is 1. The molecule has 1 aliphatic carbocycles. The number of benzene rings is 2. The van der Waals surface area contributed by atoms with Crippen molar-refractivity contribution in [2.75, 3.05) is 19.0 Å². The topological polar surface area (TPSA) is 93.0 Å². The molecule has 1 aliphatic rings. The van der Waals surface area contributed by atoms with Gasteiger partial charge in [0.05, 0.1) is 36.4 Å². The van der Waals surface area contributed by atoms with Crippen LogP contribution in [-0.4, -0.2) is 40.0 Å². The third-order valence-corrected chi connectivity index (χ3v) is 5.95. The molecule has 4 rings (SSSR count). The van der Waals surface area contributed by atoms with Crippen molar-refractivity contribution in [3.8, 4) is 17.4 Å².